The lowest BCUT2D eigenvalue weighted by Gasteiger charge is -2.19. The summed E-state index contributed by atoms with van der Waals surface area (Å²) in [5.74, 6) is -0.279. The van der Waals surface area contributed by atoms with Crippen LogP contribution < -0.4 is 15.5 Å². The summed E-state index contributed by atoms with van der Waals surface area (Å²) >= 11 is 4.08. The van der Waals surface area contributed by atoms with Gasteiger partial charge in [-0.05, 0) is 24.6 Å². The number of nitrogens with one attached hydrogen (secondary N) is 2. The van der Waals surface area contributed by atoms with Gasteiger partial charge in [0.2, 0.25) is 11.8 Å². The van der Waals surface area contributed by atoms with Gasteiger partial charge >= 0.3 is 0 Å². The second-order valence-electron chi connectivity index (χ2n) is 4.82. The van der Waals surface area contributed by atoms with Crippen LogP contribution in [0.15, 0.2) is 18.2 Å². The van der Waals surface area contributed by atoms with E-state index in [1.807, 2.05) is 44.1 Å². The van der Waals surface area contributed by atoms with E-state index < -0.39 is 6.04 Å². The first-order chi connectivity index (χ1) is 9.35. The van der Waals surface area contributed by atoms with Crippen LogP contribution >= 0.6 is 12.6 Å². The lowest BCUT2D eigenvalue weighted by atomic mass is 10.1. The number of carbonyl (C=O) groups excluding carboxylic acids is 2. The smallest absolute Gasteiger partial charge is 0.247 e. The van der Waals surface area contributed by atoms with Gasteiger partial charge in [0.05, 0.1) is 0 Å². The molecule has 0 aliphatic heterocycles. The van der Waals surface area contributed by atoms with E-state index in [2.05, 4.69) is 23.3 Å². The third kappa shape index (κ3) is 4.45. The Hall–Kier alpha value is -1.69. The standard InChI is InChI=1S/C14H21N3O2S/c1-9-5-6-11(7-13(9)17(3)4)16-14(19)12(8-20)15-10(2)18/h5-7,12,20H,8H2,1-4H3,(H,15,18)(H,16,19). The van der Waals surface area contributed by atoms with Gasteiger partial charge in [-0.1, -0.05) is 6.07 Å². The third-order valence-electron chi connectivity index (χ3n) is 2.84. The van der Waals surface area contributed by atoms with Crippen LogP contribution in [0.3, 0.4) is 0 Å². The number of aryl methyl sites for hydroxylation is 1. The predicted octanol–water partition coefficient (Wildman–Crippen LogP) is 1.43. The SMILES string of the molecule is CC(=O)NC(CS)C(=O)Nc1ccc(C)c(N(C)C)c1. The summed E-state index contributed by atoms with van der Waals surface area (Å²) in [4.78, 5) is 25.1. The fraction of sp³-hybridized carbons (Fsp3) is 0.429. The summed E-state index contributed by atoms with van der Waals surface area (Å²) in [7, 11) is 3.89. The summed E-state index contributed by atoms with van der Waals surface area (Å²) < 4.78 is 0. The van der Waals surface area contributed by atoms with Crippen LogP contribution in [-0.4, -0.2) is 37.7 Å². The maximum Gasteiger partial charge on any atom is 0.247 e. The first-order valence-electron chi connectivity index (χ1n) is 6.32. The number of benzene rings is 1. The molecule has 0 aromatic heterocycles. The zero-order chi connectivity index (χ0) is 15.3. The lowest BCUT2D eigenvalue weighted by Crippen LogP contribution is -2.44. The average Bonchev–Trinajstić information content (AvgIpc) is 2.37. The van der Waals surface area contributed by atoms with Crippen molar-refractivity contribution in [2.75, 3.05) is 30.1 Å². The molecule has 6 heteroatoms. The molecule has 0 spiro atoms. The Balaban J connectivity index is 2.84. The first kappa shape index (κ1) is 16.4. The van der Waals surface area contributed by atoms with Gasteiger partial charge in [0.25, 0.3) is 0 Å². The topological polar surface area (TPSA) is 61.4 Å². The zero-order valence-electron chi connectivity index (χ0n) is 12.2. The van der Waals surface area contributed by atoms with Gasteiger partial charge in [-0.3, -0.25) is 9.59 Å². The highest BCUT2D eigenvalue weighted by Gasteiger charge is 2.18. The van der Waals surface area contributed by atoms with Crippen molar-refractivity contribution in [3.05, 3.63) is 23.8 Å². The molecule has 0 saturated heterocycles. The first-order valence-corrected chi connectivity index (χ1v) is 6.95. The number of anilines is 2. The Kier molecular flexibility index (Phi) is 5.88. The molecule has 2 amide bonds. The Bertz CT molecular complexity index is 503. The molecule has 0 heterocycles. The van der Waals surface area contributed by atoms with Crippen LogP contribution in [0.25, 0.3) is 0 Å². The molecule has 5 nitrogen and oxygen atoms in total. The van der Waals surface area contributed by atoms with Crippen molar-refractivity contribution in [2.24, 2.45) is 0 Å². The summed E-state index contributed by atoms with van der Waals surface area (Å²) in [5.41, 5.74) is 2.85. The van der Waals surface area contributed by atoms with Gasteiger partial charge in [-0.25, -0.2) is 0 Å². The van der Waals surface area contributed by atoms with Crippen molar-refractivity contribution < 1.29 is 9.59 Å². The van der Waals surface area contributed by atoms with E-state index in [0.717, 1.165) is 11.3 Å². The lowest BCUT2D eigenvalue weighted by molar-refractivity contribution is -0.124. The number of amides is 2. The van der Waals surface area contributed by atoms with Gasteiger partial charge in [0, 0.05) is 38.1 Å². The molecule has 20 heavy (non-hydrogen) atoms. The Morgan fingerprint density at radius 3 is 2.50 bits per heavy atom. The van der Waals surface area contributed by atoms with Crippen molar-refractivity contribution >= 4 is 35.8 Å². The number of hydrogen-bond donors (Lipinski definition) is 3. The van der Waals surface area contributed by atoms with E-state index in [0.29, 0.717) is 5.69 Å². The number of carbonyl (C=O) groups is 2. The molecule has 0 saturated carbocycles. The van der Waals surface area contributed by atoms with E-state index in [1.54, 1.807) is 0 Å². The van der Waals surface area contributed by atoms with Gasteiger partial charge in [0.15, 0.2) is 0 Å². The van der Waals surface area contributed by atoms with E-state index in [1.165, 1.54) is 6.92 Å². The van der Waals surface area contributed by atoms with Crippen LogP contribution in [0, 0.1) is 6.92 Å². The molecule has 0 radical (unpaired) electrons. The summed E-state index contributed by atoms with van der Waals surface area (Å²) in [6.45, 7) is 3.38. The Morgan fingerprint density at radius 2 is 2.00 bits per heavy atom. The van der Waals surface area contributed by atoms with Gasteiger partial charge in [-0.15, -0.1) is 0 Å². The molecular formula is C14H21N3O2S. The number of hydrogen-bond acceptors (Lipinski definition) is 4. The van der Waals surface area contributed by atoms with E-state index >= 15 is 0 Å². The fourth-order valence-corrected chi connectivity index (χ4v) is 2.09. The molecule has 0 fully saturated rings. The monoisotopic (exact) mass is 295 g/mol. The molecule has 0 aliphatic carbocycles. The van der Waals surface area contributed by atoms with Crippen molar-refractivity contribution in [2.45, 2.75) is 19.9 Å². The number of nitrogens with zero attached hydrogens (tertiary/aromatic N) is 1. The van der Waals surface area contributed by atoms with Gasteiger partial charge in [-0.2, -0.15) is 12.6 Å². The molecule has 110 valence electrons. The molecule has 1 rings (SSSR count). The van der Waals surface area contributed by atoms with Crippen LogP contribution in [0.1, 0.15) is 12.5 Å². The molecule has 2 N–H and O–H groups in total. The average molecular weight is 295 g/mol. The van der Waals surface area contributed by atoms with Crippen molar-refractivity contribution in [1.29, 1.82) is 0 Å². The Morgan fingerprint density at radius 1 is 1.35 bits per heavy atom. The highest BCUT2D eigenvalue weighted by Crippen LogP contribution is 2.22. The van der Waals surface area contributed by atoms with Gasteiger partial charge in [0.1, 0.15) is 6.04 Å². The third-order valence-corrected chi connectivity index (χ3v) is 3.20. The van der Waals surface area contributed by atoms with E-state index in [9.17, 15) is 9.59 Å². The maximum atomic E-state index is 12.1. The van der Waals surface area contributed by atoms with Crippen molar-refractivity contribution in [3.63, 3.8) is 0 Å². The quantitative estimate of drug-likeness (QED) is 0.720. The minimum atomic E-state index is -0.639. The maximum absolute atomic E-state index is 12.1. The molecule has 0 bridgehead atoms. The zero-order valence-corrected chi connectivity index (χ0v) is 13.1. The summed E-state index contributed by atoms with van der Waals surface area (Å²) in [6.07, 6.45) is 0. The molecule has 1 aromatic rings. The largest absolute Gasteiger partial charge is 0.377 e. The number of thiol groups is 1. The van der Waals surface area contributed by atoms with Crippen LogP contribution in [0.5, 0.6) is 0 Å². The Labute approximate surface area is 125 Å². The molecular weight excluding hydrogens is 274 g/mol. The second kappa shape index (κ2) is 7.19. The predicted molar refractivity (Wildman–Crippen MR) is 85.6 cm³/mol. The van der Waals surface area contributed by atoms with Crippen LogP contribution in [0.4, 0.5) is 11.4 Å². The summed E-state index contributed by atoms with van der Waals surface area (Å²) in [6, 6.07) is 5.04. The van der Waals surface area contributed by atoms with E-state index in [4.69, 9.17) is 0 Å². The fourth-order valence-electron chi connectivity index (χ4n) is 1.84. The van der Waals surface area contributed by atoms with Crippen molar-refractivity contribution in [1.82, 2.24) is 5.32 Å². The molecule has 1 atom stereocenters. The van der Waals surface area contributed by atoms with E-state index in [-0.39, 0.29) is 17.6 Å². The molecule has 0 aliphatic rings. The minimum absolute atomic E-state index is 0.248. The minimum Gasteiger partial charge on any atom is -0.377 e. The van der Waals surface area contributed by atoms with Crippen LogP contribution in [-0.2, 0) is 9.59 Å². The highest BCUT2D eigenvalue weighted by molar-refractivity contribution is 7.80. The number of rotatable bonds is 5. The van der Waals surface area contributed by atoms with Crippen LogP contribution in [0.2, 0.25) is 0 Å². The second-order valence-corrected chi connectivity index (χ2v) is 5.19. The van der Waals surface area contributed by atoms with Crippen molar-refractivity contribution in [3.8, 4) is 0 Å². The molecule has 1 aromatic carbocycles. The summed E-state index contributed by atoms with van der Waals surface area (Å²) in [5, 5.41) is 5.35. The van der Waals surface area contributed by atoms with Gasteiger partial charge < -0.3 is 15.5 Å². The molecule has 1 unspecified atom stereocenters. The normalized spacial score (nSPS) is 11.7. The highest BCUT2D eigenvalue weighted by atomic mass is 32.1.